The zero-order valence-corrected chi connectivity index (χ0v) is 7.68. The molecule has 0 aromatic carbocycles. The maximum Gasteiger partial charge on any atom is 0.155 e. The first kappa shape index (κ1) is 9.24. The first-order chi connectivity index (χ1) is 5.79. The van der Waals surface area contributed by atoms with Gasteiger partial charge in [0.05, 0.1) is 0 Å². The molecule has 0 bridgehead atoms. The van der Waals surface area contributed by atoms with Crippen molar-refractivity contribution in [3.05, 3.63) is 23.8 Å². The minimum absolute atomic E-state index is 0.281. The number of ketones is 1. The average molecular weight is 164 g/mol. The van der Waals surface area contributed by atoms with Crippen molar-refractivity contribution in [3.8, 4) is 0 Å². The minimum atomic E-state index is 0.281. The molecule has 1 aliphatic carbocycles. The summed E-state index contributed by atoms with van der Waals surface area (Å²) in [5, 5.41) is 0. The normalized spacial score (nSPS) is 27.4. The van der Waals surface area contributed by atoms with Gasteiger partial charge in [-0.15, -0.1) is 0 Å². The van der Waals surface area contributed by atoms with Crippen LogP contribution >= 0.6 is 0 Å². The van der Waals surface area contributed by atoms with Gasteiger partial charge in [-0.25, -0.2) is 0 Å². The van der Waals surface area contributed by atoms with Crippen LogP contribution in [0.1, 0.15) is 39.0 Å². The molecule has 1 heteroatoms. The van der Waals surface area contributed by atoms with Gasteiger partial charge in [-0.3, -0.25) is 4.79 Å². The molecule has 0 aliphatic heterocycles. The van der Waals surface area contributed by atoms with Crippen molar-refractivity contribution in [2.75, 3.05) is 0 Å². The predicted molar refractivity (Wildman–Crippen MR) is 51.0 cm³/mol. The van der Waals surface area contributed by atoms with Gasteiger partial charge in [0.2, 0.25) is 0 Å². The lowest BCUT2D eigenvalue weighted by molar-refractivity contribution is -0.114. The quantitative estimate of drug-likeness (QED) is 0.503. The number of hydrogen-bond donors (Lipinski definition) is 0. The molecule has 66 valence electrons. The highest BCUT2D eigenvalue weighted by Crippen LogP contribution is 2.10. The summed E-state index contributed by atoms with van der Waals surface area (Å²) >= 11 is 0. The Balaban J connectivity index is 2.49. The topological polar surface area (TPSA) is 17.1 Å². The van der Waals surface area contributed by atoms with Crippen molar-refractivity contribution >= 4 is 5.78 Å². The number of allylic oxidation sites excluding steroid dienone is 4. The van der Waals surface area contributed by atoms with Gasteiger partial charge in [0.1, 0.15) is 0 Å². The van der Waals surface area contributed by atoms with Crippen molar-refractivity contribution in [3.63, 3.8) is 0 Å². The molecule has 0 amide bonds. The molecule has 0 aromatic rings. The van der Waals surface area contributed by atoms with E-state index in [0.29, 0.717) is 6.42 Å². The molecule has 0 spiro atoms. The molecule has 1 aliphatic rings. The van der Waals surface area contributed by atoms with Crippen LogP contribution in [0.3, 0.4) is 0 Å². The standard InChI is InChI=1S/C11H16O/c1-10-6-2-4-8-11(12)9-5-3-7-10/h4,7-8H,2-3,5-6,9H2,1H3/b8-4+,10-7+. The Bertz CT molecular complexity index is 211. The van der Waals surface area contributed by atoms with Crippen LogP contribution < -0.4 is 0 Å². The van der Waals surface area contributed by atoms with E-state index in [4.69, 9.17) is 0 Å². The summed E-state index contributed by atoms with van der Waals surface area (Å²) in [6, 6.07) is 0. The Morgan fingerprint density at radius 2 is 2.08 bits per heavy atom. The third-order valence-electron chi connectivity index (χ3n) is 2.13. The second-order valence-electron chi connectivity index (χ2n) is 3.35. The Labute approximate surface area is 74.2 Å². The van der Waals surface area contributed by atoms with Gasteiger partial charge in [0.15, 0.2) is 5.78 Å². The van der Waals surface area contributed by atoms with Crippen LogP contribution in [0.4, 0.5) is 0 Å². The lowest BCUT2D eigenvalue weighted by Crippen LogP contribution is -1.93. The highest BCUT2D eigenvalue weighted by molar-refractivity contribution is 5.89. The SMILES string of the molecule is C/C1=C\CCCC(=O)/C=C/CC1. The number of carbonyl (C=O) groups excluding carboxylic acids is 1. The van der Waals surface area contributed by atoms with E-state index in [1.54, 1.807) is 6.08 Å². The van der Waals surface area contributed by atoms with Crippen molar-refractivity contribution in [2.45, 2.75) is 39.0 Å². The van der Waals surface area contributed by atoms with Crippen molar-refractivity contribution in [1.29, 1.82) is 0 Å². The van der Waals surface area contributed by atoms with Gasteiger partial charge in [-0.05, 0) is 38.7 Å². The molecular weight excluding hydrogens is 148 g/mol. The summed E-state index contributed by atoms with van der Waals surface area (Å²) in [5.74, 6) is 0.281. The molecule has 0 N–H and O–H groups in total. The van der Waals surface area contributed by atoms with E-state index in [0.717, 1.165) is 25.7 Å². The highest BCUT2D eigenvalue weighted by atomic mass is 16.1. The van der Waals surface area contributed by atoms with Crippen LogP contribution in [0.2, 0.25) is 0 Å². The Morgan fingerprint density at radius 3 is 2.92 bits per heavy atom. The van der Waals surface area contributed by atoms with Crippen molar-refractivity contribution in [2.24, 2.45) is 0 Å². The summed E-state index contributed by atoms with van der Waals surface area (Å²) in [5.41, 5.74) is 1.45. The molecule has 0 heterocycles. The van der Waals surface area contributed by atoms with Crippen LogP contribution in [0.15, 0.2) is 23.8 Å². The summed E-state index contributed by atoms with van der Waals surface area (Å²) in [6.45, 7) is 2.16. The fourth-order valence-corrected chi connectivity index (χ4v) is 1.34. The molecule has 0 saturated heterocycles. The van der Waals surface area contributed by atoms with Gasteiger partial charge in [0.25, 0.3) is 0 Å². The van der Waals surface area contributed by atoms with E-state index >= 15 is 0 Å². The van der Waals surface area contributed by atoms with Gasteiger partial charge < -0.3 is 0 Å². The summed E-state index contributed by atoms with van der Waals surface area (Å²) in [6.07, 6.45) is 10.9. The van der Waals surface area contributed by atoms with Gasteiger partial charge in [-0.2, -0.15) is 0 Å². The first-order valence-electron chi connectivity index (χ1n) is 4.64. The Hall–Kier alpha value is -0.850. The molecule has 12 heavy (non-hydrogen) atoms. The summed E-state index contributed by atoms with van der Waals surface area (Å²) in [7, 11) is 0. The molecule has 0 fully saturated rings. The third-order valence-corrected chi connectivity index (χ3v) is 2.13. The van der Waals surface area contributed by atoms with E-state index in [9.17, 15) is 4.79 Å². The molecule has 0 radical (unpaired) electrons. The van der Waals surface area contributed by atoms with Gasteiger partial charge >= 0.3 is 0 Å². The molecule has 0 unspecified atom stereocenters. The van der Waals surface area contributed by atoms with Crippen molar-refractivity contribution < 1.29 is 4.79 Å². The Kier molecular flexibility index (Phi) is 3.78. The van der Waals surface area contributed by atoms with Crippen LogP contribution in [0.25, 0.3) is 0 Å². The van der Waals surface area contributed by atoms with E-state index in [-0.39, 0.29) is 5.78 Å². The summed E-state index contributed by atoms with van der Waals surface area (Å²) in [4.78, 5) is 11.1. The van der Waals surface area contributed by atoms with Crippen LogP contribution in [-0.2, 0) is 4.79 Å². The average Bonchev–Trinajstić information content (AvgIpc) is 2.06. The molecule has 1 nitrogen and oxygen atoms in total. The third kappa shape index (κ3) is 3.51. The van der Waals surface area contributed by atoms with Crippen LogP contribution in [-0.4, -0.2) is 5.78 Å². The van der Waals surface area contributed by atoms with Gasteiger partial charge in [-0.1, -0.05) is 17.7 Å². The number of carbonyl (C=O) groups is 1. The fraction of sp³-hybridized carbons (Fsp3) is 0.545. The second-order valence-corrected chi connectivity index (χ2v) is 3.35. The molecular formula is C11H16O. The number of rotatable bonds is 0. The number of hydrogen-bond acceptors (Lipinski definition) is 1. The van der Waals surface area contributed by atoms with E-state index in [2.05, 4.69) is 13.0 Å². The zero-order chi connectivity index (χ0) is 8.81. The lowest BCUT2D eigenvalue weighted by Gasteiger charge is -2.01. The zero-order valence-electron chi connectivity index (χ0n) is 7.68. The largest absolute Gasteiger partial charge is 0.295 e. The molecule has 0 aromatic heterocycles. The van der Waals surface area contributed by atoms with E-state index in [1.807, 2.05) is 6.08 Å². The molecule has 0 atom stereocenters. The highest BCUT2D eigenvalue weighted by Gasteiger charge is 1.97. The van der Waals surface area contributed by atoms with E-state index in [1.165, 1.54) is 5.57 Å². The maximum absolute atomic E-state index is 11.1. The van der Waals surface area contributed by atoms with Crippen molar-refractivity contribution in [1.82, 2.24) is 0 Å². The fourth-order valence-electron chi connectivity index (χ4n) is 1.34. The smallest absolute Gasteiger partial charge is 0.155 e. The second kappa shape index (κ2) is 4.91. The van der Waals surface area contributed by atoms with E-state index < -0.39 is 0 Å². The molecule has 1 rings (SSSR count). The summed E-state index contributed by atoms with van der Waals surface area (Å²) < 4.78 is 0. The first-order valence-corrected chi connectivity index (χ1v) is 4.64. The predicted octanol–water partition coefficient (Wildman–Crippen LogP) is 3.02. The molecule has 0 saturated carbocycles. The minimum Gasteiger partial charge on any atom is -0.295 e. The Morgan fingerprint density at radius 1 is 1.25 bits per heavy atom. The lowest BCUT2D eigenvalue weighted by atomic mass is 10.1. The van der Waals surface area contributed by atoms with Crippen LogP contribution in [0, 0.1) is 0 Å². The monoisotopic (exact) mass is 164 g/mol. The maximum atomic E-state index is 11.1. The van der Waals surface area contributed by atoms with Gasteiger partial charge in [0, 0.05) is 6.42 Å². The van der Waals surface area contributed by atoms with Crippen LogP contribution in [0.5, 0.6) is 0 Å².